The van der Waals surface area contributed by atoms with Crippen molar-refractivity contribution >= 4 is 23.9 Å². The van der Waals surface area contributed by atoms with Gasteiger partial charge in [0.1, 0.15) is 11.5 Å². The lowest BCUT2D eigenvalue weighted by Gasteiger charge is -2.16. The third-order valence-electron chi connectivity index (χ3n) is 4.89. The fraction of sp³-hybridized carbons (Fsp3) is 0.364. The number of hydrogen-bond donors (Lipinski definition) is 0. The summed E-state index contributed by atoms with van der Waals surface area (Å²) in [5, 5.41) is 0.548. The first kappa shape index (κ1) is 23.1. The second-order valence-corrected chi connectivity index (χ2v) is 7.62. The van der Waals surface area contributed by atoms with E-state index in [1.165, 1.54) is 22.7 Å². The number of ether oxygens (including phenoxy) is 2. The van der Waals surface area contributed by atoms with Crippen LogP contribution in [-0.4, -0.2) is 41.5 Å². The summed E-state index contributed by atoms with van der Waals surface area (Å²) in [7, 11) is 3.80. The lowest BCUT2D eigenvalue weighted by atomic mass is 10.0. The summed E-state index contributed by atoms with van der Waals surface area (Å²) >= 11 is 1.26. The highest BCUT2D eigenvalue weighted by Gasteiger charge is 2.12. The van der Waals surface area contributed by atoms with Gasteiger partial charge in [-0.25, -0.2) is 0 Å². The van der Waals surface area contributed by atoms with Gasteiger partial charge < -0.3 is 14.4 Å². The molecule has 0 N–H and O–H groups in total. The molecule has 0 unspecified atom stereocenters. The third kappa shape index (κ3) is 5.92. The molecular weight excluding hydrogens is 406 g/mol. The first-order valence-electron chi connectivity index (χ1n) is 9.44. The van der Waals surface area contributed by atoms with E-state index in [-0.39, 0.29) is 12.4 Å². The average Bonchev–Trinajstić information content (AvgIpc) is 3.17. The first-order chi connectivity index (χ1) is 13.5. The molecular formula is C22H28ClN3O2S. The van der Waals surface area contributed by atoms with Crippen molar-refractivity contribution in [2.45, 2.75) is 27.2 Å². The second kappa shape index (κ2) is 10.6. The smallest absolute Gasteiger partial charge is 0.299 e. The van der Waals surface area contributed by atoms with E-state index in [1.54, 1.807) is 7.11 Å². The zero-order valence-corrected chi connectivity index (χ0v) is 19.2. The van der Waals surface area contributed by atoms with E-state index in [0.29, 0.717) is 11.0 Å². The average molecular weight is 434 g/mol. The fourth-order valence-electron chi connectivity index (χ4n) is 2.90. The number of rotatable bonds is 8. The van der Waals surface area contributed by atoms with Crippen molar-refractivity contribution in [2.75, 3.05) is 27.2 Å². The van der Waals surface area contributed by atoms with Crippen molar-refractivity contribution in [1.82, 2.24) is 14.3 Å². The minimum atomic E-state index is 0. The van der Waals surface area contributed by atoms with Gasteiger partial charge in [0, 0.05) is 23.6 Å². The van der Waals surface area contributed by atoms with E-state index < -0.39 is 0 Å². The van der Waals surface area contributed by atoms with Crippen LogP contribution in [0.3, 0.4) is 0 Å². The number of aromatic nitrogens is 2. The number of likely N-dealkylation sites (N-methyl/N-ethyl adjacent to an activating group) is 1. The molecule has 1 heterocycles. The van der Waals surface area contributed by atoms with E-state index in [4.69, 9.17) is 9.47 Å². The summed E-state index contributed by atoms with van der Waals surface area (Å²) < 4.78 is 15.7. The van der Waals surface area contributed by atoms with Gasteiger partial charge in [-0.2, -0.15) is 9.36 Å². The summed E-state index contributed by atoms with van der Waals surface area (Å²) in [4.78, 5) is 6.85. The molecule has 156 valence electrons. The number of benzene rings is 2. The summed E-state index contributed by atoms with van der Waals surface area (Å²) in [6.45, 7) is 8.51. The predicted molar refractivity (Wildman–Crippen MR) is 122 cm³/mol. The normalized spacial score (nSPS) is 10.7. The van der Waals surface area contributed by atoms with Crippen molar-refractivity contribution in [2.24, 2.45) is 0 Å². The Kier molecular flexibility index (Phi) is 8.44. The summed E-state index contributed by atoms with van der Waals surface area (Å²) in [6.07, 6.45) is 1.04. The largest absolute Gasteiger partial charge is 0.497 e. The molecule has 0 radical (unpaired) electrons. The summed E-state index contributed by atoms with van der Waals surface area (Å²) in [5.74, 6) is 2.31. The zero-order valence-electron chi connectivity index (χ0n) is 17.6. The molecule has 3 aromatic rings. The predicted octanol–water partition coefficient (Wildman–Crippen LogP) is 5.54. The molecule has 2 aromatic carbocycles. The lowest BCUT2D eigenvalue weighted by molar-refractivity contribution is 0.357. The maximum atomic E-state index is 6.05. The van der Waals surface area contributed by atoms with Gasteiger partial charge in [-0.15, -0.1) is 12.4 Å². The van der Waals surface area contributed by atoms with E-state index >= 15 is 0 Å². The molecule has 0 fully saturated rings. The van der Waals surface area contributed by atoms with E-state index in [9.17, 15) is 0 Å². The minimum Gasteiger partial charge on any atom is -0.497 e. The Bertz CT molecular complexity index is 928. The Morgan fingerprint density at radius 1 is 1.07 bits per heavy atom. The van der Waals surface area contributed by atoms with Gasteiger partial charge in [-0.3, -0.25) is 0 Å². The Balaban J connectivity index is 0.00000300. The standard InChI is InChI=1S/C22H27N3O2S.ClH/c1-6-25(4)12-11-18-13-16(3)20(14-15(18)2)27-22-23-21(24-28-22)17-7-9-19(26-5)10-8-17;/h7-10,13-14H,6,11-12H2,1-5H3;1H. The Hall–Kier alpha value is -2.15. The molecule has 1 aromatic heterocycles. The van der Waals surface area contributed by atoms with Crippen LogP contribution in [0.4, 0.5) is 0 Å². The van der Waals surface area contributed by atoms with Gasteiger partial charge >= 0.3 is 0 Å². The highest BCUT2D eigenvalue weighted by molar-refractivity contribution is 7.07. The molecule has 0 spiro atoms. The molecule has 7 heteroatoms. The molecule has 0 bridgehead atoms. The minimum absolute atomic E-state index is 0. The number of hydrogen-bond acceptors (Lipinski definition) is 6. The van der Waals surface area contributed by atoms with Crippen LogP contribution in [0, 0.1) is 13.8 Å². The fourth-order valence-corrected chi connectivity index (χ4v) is 3.47. The molecule has 0 amide bonds. The Morgan fingerprint density at radius 2 is 1.79 bits per heavy atom. The maximum absolute atomic E-state index is 6.05. The van der Waals surface area contributed by atoms with Crippen LogP contribution in [0.2, 0.25) is 0 Å². The molecule has 0 aliphatic carbocycles. The van der Waals surface area contributed by atoms with Gasteiger partial charge in [0.05, 0.1) is 7.11 Å². The number of aryl methyl sites for hydroxylation is 2. The number of nitrogens with zero attached hydrogens (tertiary/aromatic N) is 3. The van der Waals surface area contributed by atoms with E-state index in [0.717, 1.165) is 42.1 Å². The Morgan fingerprint density at radius 3 is 2.45 bits per heavy atom. The SMILES string of the molecule is CCN(C)CCc1cc(C)c(Oc2nc(-c3ccc(OC)cc3)ns2)cc1C.Cl. The van der Waals surface area contributed by atoms with Crippen LogP contribution < -0.4 is 9.47 Å². The first-order valence-corrected chi connectivity index (χ1v) is 10.2. The zero-order chi connectivity index (χ0) is 20.1. The number of halogens is 1. The van der Waals surface area contributed by atoms with Crippen molar-refractivity contribution in [3.63, 3.8) is 0 Å². The van der Waals surface area contributed by atoms with E-state index in [1.807, 2.05) is 24.3 Å². The topological polar surface area (TPSA) is 47.5 Å². The van der Waals surface area contributed by atoms with Gasteiger partial charge in [0.25, 0.3) is 5.19 Å². The van der Waals surface area contributed by atoms with Crippen LogP contribution in [0.5, 0.6) is 16.7 Å². The highest BCUT2D eigenvalue weighted by atomic mass is 35.5. The molecule has 29 heavy (non-hydrogen) atoms. The van der Waals surface area contributed by atoms with Crippen molar-refractivity contribution in [1.29, 1.82) is 0 Å². The summed E-state index contributed by atoms with van der Waals surface area (Å²) in [5.41, 5.74) is 4.66. The van der Waals surface area contributed by atoms with Crippen LogP contribution in [-0.2, 0) is 6.42 Å². The van der Waals surface area contributed by atoms with Crippen LogP contribution in [0.1, 0.15) is 23.6 Å². The van der Waals surface area contributed by atoms with Crippen LogP contribution >= 0.6 is 23.9 Å². The lowest BCUT2D eigenvalue weighted by Crippen LogP contribution is -2.20. The van der Waals surface area contributed by atoms with Gasteiger partial charge in [0.15, 0.2) is 5.82 Å². The summed E-state index contributed by atoms with van der Waals surface area (Å²) in [6, 6.07) is 12.0. The van der Waals surface area contributed by atoms with Crippen LogP contribution in [0.25, 0.3) is 11.4 Å². The van der Waals surface area contributed by atoms with Crippen molar-refractivity contribution in [3.8, 4) is 28.1 Å². The highest BCUT2D eigenvalue weighted by Crippen LogP contribution is 2.31. The van der Waals surface area contributed by atoms with Gasteiger partial charge in [0.2, 0.25) is 0 Å². The maximum Gasteiger partial charge on any atom is 0.299 e. The molecule has 5 nitrogen and oxygen atoms in total. The quantitative estimate of drug-likeness (QED) is 0.466. The molecule has 0 atom stereocenters. The van der Waals surface area contributed by atoms with E-state index in [2.05, 4.69) is 54.2 Å². The third-order valence-corrected chi connectivity index (χ3v) is 5.48. The molecule has 3 rings (SSSR count). The van der Waals surface area contributed by atoms with Gasteiger partial charge in [-0.1, -0.05) is 13.0 Å². The molecule has 0 aliphatic heterocycles. The molecule has 0 aliphatic rings. The van der Waals surface area contributed by atoms with Gasteiger partial charge in [-0.05, 0) is 80.9 Å². The van der Waals surface area contributed by atoms with Crippen LogP contribution in [0.15, 0.2) is 36.4 Å². The Labute approximate surface area is 183 Å². The molecule has 0 saturated carbocycles. The second-order valence-electron chi connectivity index (χ2n) is 6.90. The number of methoxy groups -OCH3 is 1. The monoisotopic (exact) mass is 433 g/mol. The van der Waals surface area contributed by atoms with Crippen molar-refractivity contribution < 1.29 is 9.47 Å². The van der Waals surface area contributed by atoms with Crippen molar-refractivity contribution in [3.05, 3.63) is 53.1 Å². The molecule has 0 saturated heterocycles.